The van der Waals surface area contributed by atoms with E-state index in [1.807, 2.05) is 18.2 Å². The minimum atomic E-state index is -0.114. The van der Waals surface area contributed by atoms with Crippen LogP contribution in [0.15, 0.2) is 18.2 Å². The average molecular weight is 267 g/mol. The Bertz CT molecular complexity index is 469. The predicted molar refractivity (Wildman–Crippen MR) is 76.2 cm³/mol. The minimum absolute atomic E-state index is 0.114. The highest BCUT2D eigenvalue weighted by atomic mass is 35.5. The third kappa shape index (κ3) is 2.96. The molecule has 1 aliphatic rings. The Balaban J connectivity index is 2.06. The summed E-state index contributed by atoms with van der Waals surface area (Å²) in [5.41, 5.74) is 2.07. The van der Waals surface area contributed by atoms with Crippen LogP contribution < -0.4 is 10.6 Å². The monoisotopic (exact) mass is 266 g/mol. The lowest BCUT2D eigenvalue weighted by Gasteiger charge is -2.22. The summed E-state index contributed by atoms with van der Waals surface area (Å²) >= 11 is 6.13. The van der Waals surface area contributed by atoms with E-state index in [4.69, 9.17) is 11.6 Å². The van der Waals surface area contributed by atoms with Crippen LogP contribution in [0.3, 0.4) is 0 Å². The van der Waals surface area contributed by atoms with E-state index in [2.05, 4.69) is 24.5 Å². The van der Waals surface area contributed by atoms with Crippen molar-refractivity contribution in [2.24, 2.45) is 5.41 Å². The first kappa shape index (κ1) is 13.2. The average Bonchev–Trinajstić information content (AvgIpc) is 3.01. The molecule has 1 amide bonds. The molecule has 2 N–H and O–H groups in total. The molecular weight excluding hydrogens is 248 g/mol. The van der Waals surface area contributed by atoms with Crippen LogP contribution in [0.2, 0.25) is 5.02 Å². The second-order valence-electron chi connectivity index (χ2n) is 5.40. The molecule has 0 aromatic heterocycles. The van der Waals surface area contributed by atoms with Gasteiger partial charge >= 0.3 is 0 Å². The fourth-order valence-electron chi connectivity index (χ4n) is 1.95. The van der Waals surface area contributed by atoms with Crippen molar-refractivity contribution in [2.75, 3.05) is 10.6 Å². The van der Waals surface area contributed by atoms with E-state index in [1.165, 1.54) is 19.8 Å². The van der Waals surface area contributed by atoms with Gasteiger partial charge in [0.25, 0.3) is 0 Å². The maximum atomic E-state index is 11.0. The highest BCUT2D eigenvalue weighted by Gasteiger charge is 2.42. The van der Waals surface area contributed by atoms with Crippen LogP contribution in [0.4, 0.5) is 11.4 Å². The normalized spacial score (nSPS) is 18.0. The first-order valence-corrected chi connectivity index (χ1v) is 6.62. The molecule has 98 valence electrons. The third-order valence-corrected chi connectivity index (χ3v) is 4.06. The van der Waals surface area contributed by atoms with Crippen molar-refractivity contribution in [3.05, 3.63) is 23.2 Å². The summed E-state index contributed by atoms with van der Waals surface area (Å²) in [6, 6.07) is 6.06. The number of rotatable bonds is 4. The number of halogens is 1. The van der Waals surface area contributed by atoms with Crippen molar-refractivity contribution in [1.82, 2.24) is 0 Å². The minimum Gasteiger partial charge on any atom is -0.382 e. The summed E-state index contributed by atoms with van der Waals surface area (Å²) in [6.45, 7) is 5.96. The van der Waals surface area contributed by atoms with Crippen LogP contribution in [0, 0.1) is 5.41 Å². The number of benzene rings is 1. The number of carbonyl (C=O) groups excluding carboxylic acids is 1. The Kier molecular flexibility index (Phi) is 3.53. The maximum absolute atomic E-state index is 11.0. The molecular formula is C14H19ClN2O. The van der Waals surface area contributed by atoms with Crippen LogP contribution in [-0.2, 0) is 4.79 Å². The molecule has 1 unspecified atom stereocenters. The van der Waals surface area contributed by atoms with E-state index >= 15 is 0 Å². The molecule has 0 saturated heterocycles. The Morgan fingerprint density at radius 2 is 2.11 bits per heavy atom. The smallest absolute Gasteiger partial charge is 0.221 e. The molecule has 4 heteroatoms. The molecule has 2 rings (SSSR count). The maximum Gasteiger partial charge on any atom is 0.221 e. The van der Waals surface area contributed by atoms with Gasteiger partial charge in [0.05, 0.1) is 10.7 Å². The summed E-state index contributed by atoms with van der Waals surface area (Å²) in [4.78, 5) is 11.0. The lowest BCUT2D eigenvalue weighted by molar-refractivity contribution is -0.114. The largest absolute Gasteiger partial charge is 0.382 e. The standard InChI is InChI=1S/C14H19ClN2O/c1-9(14(3)6-7-14)16-11-4-5-13(12(15)8-11)17-10(2)18/h4-5,8-9,16H,6-7H2,1-3H3,(H,17,18). The van der Waals surface area contributed by atoms with Crippen molar-refractivity contribution in [2.45, 2.75) is 39.7 Å². The lowest BCUT2D eigenvalue weighted by atomic mass is 10.0. The van der Waals surface area contributed by atoms with Crippen molar-refractivity contribution in [1.29, 1.82) is 0 Å². The van der Waals surface area contributed by atoms with Gasteiger partial charge < -0.3 is 10.6 Å². The summed E-state index contributed by atoms with van der Waals surface area (Å²) in [5.74, 6) is -0.114. The quantitative estimate of drug-likeness (QED) is 0.868. The number of nitrogens with one attached hydrogen (secondary N) is 2. The topological polar surface area (TPSA) is 41.1 Å². The molecule has 0 bridgehead atoms. The van der Waals surface area contributed by atoms with E-state index in [1.54, 1.807) is 0 Å². The molecule has 1 fully saturated rings. The van der Waals surface area contributed by atoms with Crippen molar-refractivity contribution < 1.29 is 4.79 Å². The van der Waals surface area contributed by atoms with E-state index < -0.39 is 0 Å². The molecule has 3 nitrogen and oxygen atoms in total. The second-order valence-corrected chi connectivity index (χ2v) is 5.80. The van der Waals surface area contributed by atoms with Crippen molar-refractivity contribution in [3.8, 4) is 0 Å². The molecule has 1 atom stereocenters. The highest BCUT2D eigenvalue weighted by Crippen LogP contribution is 2.48. The fourth-order valence-corrected chi connectivity index (χ4v) is 2.18. The number of carbonyl (C=O) groups is 1. The number of hydrogen-bond donors (Lipinski definition) is 2. The SMILES string of the molecule is CC(=O)Nc1ccc(NC(C)C2(C)CC2)cc1Cl. The van der Waals surface area contributed by atoms with Crippen molar-refractivity contribution >= 4 is 28.9 Å². The highest BCUT2D eigenvalue weighted by molar-refractivity contribution is 6.34. The summed E-state index contributed by atoms with van der Waals surface area (Å²) in [7, 11) is 0. The van der Waals surface area contributed by atoms with Gasteiger partial charge in [-0.2, -0.15) is 0 Å². The van der Waals surface area contributed by atoms with Crippen LogP contribution in [0.1, 0.15) is 33.6 Å². The van der Waals surface area contributed by atoms with E-state index in [0.29, 0.717) is 22.2 Å². The summed E-state index contributed by atoms with van der Waals surface area (Å²) in [5, 5.41) is 6.72. The fraction of sp³-hybridized carbons (Fsp3) is 0.500. The van der Waals surface area contributed by atoms with E-state index in [-0.39, 0.29) is 5.91 Å². The van der Waals surface area contributed by atoms with Crippen LogP contribution >= 0.6 is 11.6 Å². The molecule has 0 radical (unpaired) electrons. The second kappa shape index (κ2) is 4.81. The van der Waals surface area contributed by atoms with Crippen LogP contribution in [0.5, 0.6) is 0 Å². The van der Waals surface area contributed by atoms with Gasteiger partial charge in [-0.05, 0) is 43.4 Å². The molecule has 1 saturated carbocycles. The zero-order valence-electron chi connectivity index (χ0n) is 11.0. The van der Waals surface area contributed by atoms with E-state index in [0.717, 1.165) is 5.69 Å². The Morgan fingerprint density at radius 3 is 2.61 bits per heavy atom. The zero-order chi connectivity index (χ0) is 13.3. The lowest BCUT2D eigenvalue weighted by Crippen LogP contribution is -2.24. The Morgan fingerprint density at radius 1 is 1.44 bits per heavy atom. The van der Waals surface area contributed by atoms with Gasteiger partial charge in [0, 0.05) is 18.7 Å². The molecule has 1 aromatic rings. The number of hydrogen-bond acceptors (Lipinski definition) is 2. The third-order valence-electron chi connectivity index (χ3n) is 3.75. The van der Waals surface area contributed by atoms with Gasteiger partial charge in [-0.15, -0.1) is 0 Å². The molecule has 18 heavy (non-hydrogen) atoms. The first-order chi connectivity index (χ1) is 8.40. The van der Waals surface area contributed by atoms with Gasteiger partial charge in [-0.3, -0.25) is 4.79 Å². The first-order valence-electron chi connectivity index (χ1n) is 6.24. The molecule has 0 aliphatic heterocycles. The van der Waals surface area contributed by atoms with Crippen molar-refractivity contribution in [3.63, 3.8) is 0 Å². The number of amides is 1. The molecule has 0 spiro atoms. The van der Waals surface area contributed by atoms with Gasteiger partial charge in [0.15, 0.2) is 0 Å². The molecule has 1 aromatic carbocycles. The Hall–Kier alpha value is -1.22. The van der Waals surface area contributed by atoms with Crippen LogP contribution in [0.25, 0.3) is 0 Å². The molecule has 1 aliphatic carbocycles. The predicted octanol–water partition coefficient (Wildman–Crippen LogP) is 3.90. The van der Waals surface area contributed by atoms with Gasteiger partial charge in [-0.25, -0.2) is 0 Å². The van der Waals surface area contributed by atoms with Gasteiger partial charge in [0.1, 0.15) is 0 Å². The van der Waals surface area contributed by atoms with E-state index in [9.17, 15) is 4.79 Å². The van der Waals surface area contributed by atoms with Gasteiger partial charge in [-0.1, -0.05) is 18.5 Å². The van der Waals surface area contributed by atoms with Crippen LogP contribution in [-0.4, -0.2) is 11.9 Å². The number of anilines is 2. The summed E-state index contributed by atoms with van der Waals surface area (Å²) < 4.78 is 0. The molecule has 0 heterocycles. The zero-order valence-corrected chi connectivity index (χ0v) is 11.8. The summed E-state index contributed by atoms with van der Waals surface area (Å²) in [6.07, 6.45) is 2.55. The van der Waals surface area contributed by atoms with Gasteiger partial charge in [0.2, 0.25) is 5.91 Å². The Labute approximate surface area is 113 Å².